The summed E-state index contributed by atoms with van der Waals surface area (Å²) in [4.78, 5) is 0. The van der Waals surface area contributed by atoms with E-state index in [1.807, 2.05) is 31.2 Å². The van der Waals surface area contributed by atoms with Gasteiger partial charge in [0.25, 0.3) is 0 Å². The van der Waals surface area contributed by atoms with Gasteiger partial charge in [-0.15, -0.1) is 0 Å². The molecule has 3 nitrogen and oxygen atoms in total. The quantitative estimate of drug-likeness (QED) is 0.835. The van der Waals surface area contributed by atoms with Crippen LogP contribution in [0.15, 0.2) is 24.3 Å². The zero-order valence-electron chi connectivity index (χ0n) is 10.6. The molecule has 17 heavy (non-hydrogen) atoms. The molecule has 1 aliphatic rings. The van der Waals surface area contributed by atoms with Crippen molar-refractivity contribution < 1.29 is 9.84 Å². The van der Waals surface area contributed by atoms with Crippen LogP contribution >= 0.6 is 0 Å². The smallest absolute Gasteiger partial charge is 0.119 e. The molecule has 94 valence electrons. The monoisotopic (exact) mass is 235 g/mol. The fourth-order valence-electron chi connectivity index (χ4n) is 2.53. The number of hydrogen-bond acceptors (Lipinski definition) is 3. The predicted molar refractivity (Wildman–Crippen MR) is 68.3 cm³/mol. The van der Waals surface area contributed by atoms with E-state index in [9.17, 15) is 5.11 Å². The molecule has 0 radical (unpaired) electrons. The van der Waals surface area contributed by atoms with Crippen LogP contribution in [0.3, 0.4) is 0 Å². The van der Waals surface area contributed by atoms with Crippen LogP contribution in [-0.4, -0.2) is 30.4 Å². The molecule has 0 aliphatic carbocycles. The molecular weight excluding hydrogens is 214 g/mol. The summed E-state index contributed by atoms with van der Waals surface area (Å²) < 4.78 is 5.20. The number of methoxy groups -OCH3 is 1. The molecule has 1 heterocycles. The Balaban J connectivity index is 2.07. The summed E-state index contributed by atoms with van der Waals surface area (Å²) in [5.74, 6) is 0.845. The number of aliphatic hydroxyl groups is 1. The summed E-state index contributed by atoms with van der Waals surface area (Å²) in [6, 6.07) is 8.11. The van der Waals surface area contributed by atoms with Gasteiger partial charge < -0.3 is 15.2 Å². The van der Waals surface area contributed by atoms with Crippen LogP contribution in [0.5, 0.6) is 5.75 Å². The predicted octanol–water partition coefficient (Wildman–Crippen LogP) is 1.74. The fourth-order valence-corrected chi connectivity index (χ4v) is 2.53. The van der Waals surface area contributed by atoms with Gasteiger partial charge in [0.2, 0.25) is 0 Å². The lowest BCUT2D eigenvalue weighted by Crippen LogP contribution is -2.46. The van der Waals surface area contributed by atoms with Gasteiger partial charge in [-0.05, 0) is 44.0 Å². The fraction of sp³-hybridized carbons (Fsp3) is 0.571. The highest BCUT2D eigenvalue weighted by Gasteiger charge is 2.33. The van der Waals surface area contributed by atoms with Gasteiger partial charge in [0.15, 0.2) is 0 Å². The third kappa shape index (κ3) is 2.99. The average molecular weight is 235 g/mol. The Morgan fingerprint density at radius 3 is 3.00 bits per heavy atom. The Morgan fingerprint density at radius 1 is 1.53 bits per heavy atom. The van der Waals surface area contributed by atoms with Gasteiger partial charge in [0, 0.05) is 12.5 Å². The second-order valence-electron chi connectivity index (χ2n) is 5.03. The Bertz CT molecular complexity index is 370. The minimum atomic E-state index is -0.692. The number of benzene rings is 1. The number of ether oxygens (including phenoxy) is 1. The number of nitrogens with one attached hydrogen (secondary N) is 1. The first-order chi connectivity index (χ1) is 8.12. The molecule has 0 saturated carbocycles. The second kappa shape index (κ2) is 5.07. The first kappa shape index (κ1) is 12.4. The molecule has 1 saturated heterocycles. The third-order valence-electron chi connectivity index (χ3n) is 3.51. The van der Waals surface area contributed by atoms with Crippen LogP contribution in [0.4, 0.5) is 0 Å². The largest absolute Gasteiger partial charge is 0.497 e. The molecule has 0 aromatic heterocycles. The molecule has 0 bridgehead atoms. The van der Waals surface area contributed by atoms with Crippen molar-refractivity contribution >= 4 is 0 Å². The van der Waals surface area contributed by atoms with Crippen LogP contribution in [0.2, 0.25) is 0 Å². The van der Waals surface area contributed by atoms with Gasteiger partial charge in [-0.3, -0.25) is 0 Å². The van der Waals surface area contributed by atoms with Crippen LogP contribution in [0.25, 0.3) is 0 Å². The van der Waals surface area contributed by atoms with Gasteiger partial charge >= 0.3 is 0 Å². The Kier molecular flexibility index (Phi) is 3.69. The summed E-state index contributed by atoms with van der Waals surface area (Å²) in [6.07, 6.45) is 2.86. The zero-order chi connectivity index (χ0) is 12.3. The van der Waals surface area contributed by atoms with Crippen LogP contribution in [0, 0.1) is 0 Å². The molecule has 1 aliphatic heterocycles. The summed E-state index contributed by atoms with van der Waals surface area (Å²) in [7, 11) is 1.66. The van der Waals surface area contributed by atoms with Crippen LogP contribution < -0.4 is 10.1 Å². The van der Waals surface area contributed by atoms with Gasteiger partial charge in [-0.25, -0.2) is 0 Å². The van der Waals surface area contributed by atoms with Gasteiger partial charge in [-0.2, -0.15) is 0 Å². The van der Waals surface area contributed by atoms with Crippen LogP contribution in [0.1, 0.15) is 25.3 Å². The summed E-state index contributed by atoms with van der Waals surface area (Å²) >= 11 is 0. The lowest BCUT2D eigenvalue weighted by molar-refractivity contribution is 0.0262. The Labute approximate surface area is 103 Å². The first-order valence-corrected chi connectivity index (χ1v) is 6.20. The van der Waals surface area contributed by atoms with E-state index in [1.54, 1.807) is 7.11 Å². The van der Waals surface area contributed by atoms with Crippen molar-refractivity contribution in [2.75, 3.05) is 13.7 Å². The lowest BCUT2D eigenvalue weighted by atomic mass is 9.88. The first-order valence-electron chi connectivity index (χ1n) is 6.20. The molecule has 0 amide bonds. The molecular formula is C14H21NO2. The van der Waals surface area contributed by atoms with E-state index >= 15 is 0 Å². The molecule has 1 aromatic rings. The van der Waals surface area contributed by atoms with Gasteiger partial charge in [-0.1, -0.05) is 12.1 Å². The zero-order valence-corrected chi connectivity index (χ0v) is 10.6. The molecule has 2 unspecified atom stereocenters. The second-order valence-corrected chi connectivity index (χ2v) is 5.03. The molecule has 3 heteroatoms. The Hall–Kier alpha value is -1.06. The summed E-state index contributed by atoms with van der Waals surface area (Å²) in [6.45, 7) is 2.92. The van der Waals surface area contributed by atoms with Crippen molar-refractivity contribution in [1.82, 2.24) is 5.32 Å². The van der Waals surface area contributed by atoms with Crippen molar-refractivity contribution in [2.24, 2.45) is 0 Å². The average Bonchev–Trinajstić information content (AvgIpc) is 2.83. The van der Waals surface area contributed by atoms with Crippen molar-refractivity contribution in [2.45, 2.75) is 37.8 Å². The number of rotatable bonds is 4. The maximum Gasteiger partial charge on any atom is 0.119 e. The van der Waals surface area contributed by atoms with Crippen molar-refractivity contribution in [3.63, 3.8) is 0 Å². The highest BCUT2D eigenvalue weighted by molar-refractivity contribution is 5.29. The number of hydrogen-bond donors (Lipinski definition) is 2. The molecule has 1 fully saturated rings. The van der Waals surface area contributed by atoms with Crippen molar-refractivity contribution in [3.05, 3.63) is 29.8 Å². The normalized spacial score (nSPS) is 23.4. The minimum Gasteiger partial charge on any atom is -0.497 e. The van der Waals surface area contributed by atoms with Crippen molar-refractivity contribution in [3.8, 4) is 5.75 Å². The van der Waals surface area contributed by atoms with E-state index in [-0.39, 0.29) is 6.04 Å². The van der Waals surface area contributed by atoms with E-state index in [2.05, 4.69) is 5.32 Å². The van der Waals surface area contributed by atoms with Gasteiger partial charge in [0.05, 0.1) is 12.7 Å². The molecule has 2 N–H and O–H groups in total. The van der Waals surface area contributed by atoms with E-state index in [0.29, 0.717) is 6.42 Å². The lowest BCUT2D eigenvalue weighted by Gasteiger charge is -2.30. The van der Waals surface area contributed by atoms with E-state index in [0.717, 1.165) is 30.7 Å². The molecule has 0 spiro atoms. The summed E-state index contributed by atoms with van der Waals surface area (Å²) in [5.41, 5.74) is 0.422. The molecule has 2 atom stereocenters. The topological polar surface area (TPSA) is 41.5 Å². The summed E-state index contributed by atoms with van der Waals surface area (Å²) in [5, 5.41) is 13.9. The van der Waals surface area contributed by atoms with Gasteiger partial charge in [0.1, 0.15) is 5.75 Å². The molecule has 2 rings (SSSR count). The SMILES string of the molecule is COc1cccc(CC(C)(O)C2CCCN2)c1. The Morgan fingerprint density at radius 2 is 2.35 bits per heavy atom. The van der Waals surface area contributed by atoms with E-state index in [1.165, 1.54) is 0 Å². The van der Waals surface area contributed by atoms with E-state index < -0.39 is 5.60 Å². The van der Waals surface area contributed by atoms with E-state index in [4.69, 9.17) is 4.74 Å². The standard InChI is InChI=1S/C14H21NO2/c1-14(16,13-7-4-8-15-13)10-11-5-3-6-12(9-11)17-2/h3,5-6,9,13,15-16H,4,7-8,10H2,1-2H3. The maximum atomic E-state index is 10.5. The molecule has 1 aromatic carbocycles. The third-order valence-corrected chi connectivity index (χ3v) is 3.51. The van der Waals surface area contributed by atoms with Crippen LogP contribution in [-0.2, 0) is 6.42 Å². The minimum absolute atomic E-state index is 0.203. The van der Waals surface area contributed by atoms with Crippen molar-refractivity contribution in [1.29, 1.82) is 0 Å². The maximum absolute atomic E-state index is 10.5. The highest BCUT2D eigenvalue weighted by Crippen LogP contribution is 2.24. The highest BCUT2D eigenvalue weighted by atomic mass is 16.5.